The van der Waals surface area contributed by atoms with Crippen molar-refractivity contribution in [3.63, 3.8) is 0 Å². The first-order chi connectivity index (χ1) is 23.2. The lowest BCUT2D eigenvalue weighted by Crippen LogP contribution is -2.28. The second kappa shape index (κ2) is 10.8. The minimum Gasteiger partial charge on any atom is -0.309 e. The summed E-state index contributed by atoms with van der Waals surface area (Å²) in [5, 5.41) is 11.7. The van der Waals surface area contributed by atoms with E-state index in [0.29, 0.717) is 12.1 Å². The van der Waals surface area contributed by atoms with E-state index < -0.39 is 5.41 Å². The number of aromatic nitrogens is 1. The lowest BCUT2D eigenvalue weighted by atomic mass is 9.67. The van der Waals surface area contributed by atoms with E-state index in [1.165, 1.54) is 55.2 Å². The standard InChI is InChI=1S/C45H32N2/c46-42(32-13-12-16-35(30-32)47-43-23-10-6-19-38(43)39-20-7-11-24-44(39)47)29-31-25-27-34(28-26-31)45(33-14-2-1-3-15-33)40-21-8-4-17-36(40)37-18-5-9-22-41(37)45/h1-28,30,46H,29H2. The SMILES string of the molecule is N=C(Cc1ccc(C2(c3ccccc3)c3ccccc3-c3ccccc32)cc1)c1cccc(-n2c3ccccc3c3ccccc32)c1. The Labute approximate surface area is 274 Å². The molecule has 1 heterocycles. The lowest BCUT2D eigenvalue weighted by Gasteiger charge is -2.34. The predicted molar refractivity (Wildman–Crippen MR) is 195 cm³/mol. The Hall–Kier alpha value is -5.99. The topological polar surface area (TPSA) is 28.8 Å². The molecule has 0 bridgehead atoms. The van der Waals surface area contributed by atoms with Gasteiger partial charge in [0.05, 0.1) is 16.4 Å². The normalized spacial score (nSPS) is 13.0. The number of hydrogen-bond acceptors (Lipinski definition) is 1. The third kappa shape index (κ3) is 4.15. The Morgan fingerprint density at radius 2 is 1.02 bits per heavy atom. The fourth-order valence-electron chi connectivity index (χ4n) is 7.92. The molecule has 0 atom stereocenters. The van der Waals surface area contributed by atoms with Crippen LogP contribution in [0.25, 0.3) is 38.6 Å². The van der Waals surface area contributed by atoms with E-state index in [0.717, 1.165) is 16.8 Å². The van der Waals surface area contributed by atoms with Gasteiger partial charge in [0.15, 0.2) is 0 Å². The maximum absolute atomic E-state index is 9.19. The van der Waals surface area contributed by atoms with Crippen molar-refractivity contribution >= 4 is 27.5 Å². The summed E-state index contributed by atoms with van der Waals surface area (Å²) in [7, 11) is 0. The molecule has 0 amide bonds. The fourth-order valence-corrected chi connectivity index (χ4v) is 7.92. The fraction of sp³-hybridized carbons (Fsp3) is 0.0444. The molecule has 0 radical (unpaired) electrons. The maximum Gasteiger partial charge on any atom is 0.0713 e. The highest BCUT2D eigenvalue weighted by molar-refractivity contribution is 6.09. The number of hydrogen-bond donors (Lipinski definition) is 1. The number of rotatable bonds is 6. The predicted octanol–water partition coefficient (Wildman–Crippen LogP) is 10.8. The van der Waals surface area contributed by atoms with Crippen molar-refractivity contribution in [1.82, 2.24) is 4.57 Å². The van der Waals surface area contributed by atoms with Crippen molar-refractivity contribution in [2.24, 2.45) is 0 Å². The number of fused-ring (bicyclic) bond motifs is 6. The summed E-state index contributed by atoms with van der Waals surface area (Å²) in [6.07, 6.45) is 0.558. The van der Waals surface area contributed by atoms with E-state index in [1.54, 1.807) is 0 Å². The lowest BCUT2D eigenvalue weighted by molar-refractivity contribution is 0.768. The molecule has 2 nitrogen and oxygen atoms in total. The first-order valence-corrected chi connectivity index (χ1v) is 16.2. The van der Waals surface area contributed by atoms with Crippen molar-refractivity contribution in [3.05, 3.63) is 209 Å². The second-order valence-electron chi connectivity index (χ2n) is 12.5. The van der Waals surface area contributed by atoms with Crippen LogP contribution < -0.4 is 0 Å². The number of benzene rings is 7. The van der Waals surface area contributed by atoms with Gasteiger partial charge in [-0.05, 0) is 68.8 Å². The van der Waals surface area contributed by atoms with Gasteiger partial charge in [0.2, 0.25) is 0 Å². The molecule has 0 spiro atoms. The molecule has 0 saturated heterocycles. The quantitative estimate of drug-likeness (QED) is 0.184. The molecule has 8 aromatic rings. The van der Waals surface area contributed by atoms with Crippen molar-refractivity contribution in [2.75, 3.05) is 0 Å². The van der Waals surface area contributed by atoms with Gasteiger partial charge in [0.1, 0.15) is 0 Å². The zero-order valence-electron chi connectivity index (χ0n) is 25.9. The zero-order chi connectivity index (χ0) is 31.4. The highest BCUT2D eigenvalue weighted by atomic mass is 15.0. The van der Waals surface area contributed by atoms with Crippen molar-refractivity contribution in [1.29, 1.82) is 5.41 Å². The van der Waals surface area contributed by atoms with Crippen molar-refractivity contribution in [3.8, 4) is 16.8 Å². The van der Waals surface area contributed by atoms with Crippen LogP contribution in [0.4, 0.5) is 0 Å². The molecule has 0 fully saturated rings. The van der Waals surface area contributed by atoms with Crippen LogP contribution in [0.15, 0.2) is 176 Å². The van der Waals surface area contributed by atoms with Crippen molar-refractivity contribution in [2.45, 2.75) is 11.8 Å². The van der Waals surface area contributed by atoms with Gasteiger partial charge in [0, 0.05) is 28.6 Å². The van der Waals surface area contributed by atoms with Crippen molar-refractivity contribution < 1.29 is 0 Å². The van der Waals surface area contributed by atoms with E-state index in [4.69, 9.17) is 0 Å². The Morgan fingerprint density at radius 3 is 1.66 bits per heavy atom. The van der Waals surface area contributed by atoms with E-state index in [2.05, 4.69) is 180 Å². The van der Waals surface area contributed by atoms with Gasteiger partial charge in [-0.1, -0.05) is 152 Å². The molecule has 0 unspecified atom stereocenters. The molecule has 9 rings (SSSR count). The molecule has 1 N–H and O–H groups in total. The van der Waals surface area contributed by atoms with Crippen LogP contribution in [0.2, 0.25) is 0 Å². The summed E-state index contributed by atoms with van der Waals surface area (Å²) in [5.74, 6) is 0. The third-order valence-corrected chi connectivity index (χ3v) is 9.96. The Bertz CT molecular complexity index is 2350. The molecular weight excluding hydrogens is 569 g/mol. The van der Waals surface area contributed by atoms with E-state index in [9.17, 15) is 5.41 Å². The van der Waals surface area contributed by atoms with Crippen LogP contribution in [0.1, 0.15) is 33.4 Å². The minimum absolute atomic E-state index is 0.406. The molecule has 1 aromatic heterocycles. The third-order valence-electron chi connectivity index (χ3n) is 9.96. The maximum atomic E-state index is 9.19. The molecule has 0 aliphatic heterocycles. The summed E-state index contributed by atoms with van der Waals surface area (Å²) < 4.78 is 2.32. The summed E-state index contributed by atoms with van der Waals surface area (Å²) >= 11 is 0. The van der Waals surface area contributed by atoms with E-state index in [-0.39, 0.29) is 0 Å². The average Bonchev–Trinajstić information content (AvgIpc) is 3.64. The Kier molecular flexibility index (Phi) is 6.29. The van der Waals surface area contributed by atoms with Crippen LogP contribution in [0, 0.1) is 5.41 Å². The van der Waals surface area contributed by atoms with Crippen LogP contribution in [0.3, 0.4) is 0 Å². The molecule has 7 aromatic carbocycles. The zero-order valence-corrected chi connectivity index (χ0v) is 25.9. The van der Waals surface area contributed by atoms with E-state index >= 15 is 0 Å². The monoisotopic (exact) mass is 600 g/mol. The first-order valence-electron chi connectivity index (χ1n) is 16.2. The van der Waals surface area contributed by atoms with Crippen LogP contribution in [-0.2, 0) is 11.8 Å². The summed E-state index contributed by atoms with van der Waals surface area (Å²) in [6, 6.07) is 63.1. The highest BCUT2D eigenvalue weighted by Crippen LogP contribution is 2.55. The first kappa shape index (κ1) is 27.3. The average molecular weight is 601 g/mol. The summed E-state index contributed by atoms with van der Waals surface area (Å²) in [5.41, 5.74) is 13.4. The van der Waals surface area contributed by atoms with Gasteiger partial charge in [-0.15, -0.1) is 0 Å². The van der Waals surface area contributed by atoms with Crippen LogP contribution >= 0.6 is 0 Å². The smallest absolute Gasteiger partial charge is 0.0713 e. The highest BCUT2D eigenvalue weighted by Gasteiger charge is 2.45. The Morgan fingerprint density at radius 1 is 0.489 bits per heavy atom. The number of nitrogens with one attached hydrogen (secondary N) is 1. The number of para-hydroxylation sites is 2. The molecule has 1 aliphatic carbocycles. The van der Waals surface area contributed by atoms with E-state index in [1.807, 2.05) is 0 Å². The molecular formula is C45H32N2. The second-order valence-corrected chi connectivity index (χ2v) is 12.5. The van der Waals surface area contributed by atoms with Gasteiger partial charge in [-0.2, -0.15) is 0 Å². The number of nitrogens with zero attached hydrogens (tertiary/aromatic N) is 1. The molecule has 0 saturated carbocycles. The van der Waals surface area contributed by atoms with Gasteiger partial charge in [0.25, 0.3) is 0 Å². The van der Waals surface area contributed by atoms with Gasteiger partial charge >= 0.3 is 0 Å². The molecule has 1 aliphatic rings. The Balaban J connectivity index is 1.09. The van der Waals surface area contributed by atoms with Crippen LogP contribution in [-0.4, -0.2) is 10.3 Å². The molecule has 222 valence electrons. The van der Waals surface area contributed by atoms with Gasteiger partial charge < -0.3 is 9.98 Å². The largest absolute Gasteiger partial charge is 0.309 e. The molecule has 2 heteroatoms. The molecule has 47 heavy (non-hydrogen) atoms. The van der Waals surface area contributed by atoms with Gasteiger partial charge in [-0.25, -0.2) is 0 Å². The van der Waals surface area contributed by atoms with Crippen LogP contribution in [0.5, 0.6) is 0 Å². The summed E-state index contributed by atoms with van der Waals surface area (Å²) in [6.45, 7) is 0. The minimum atomic E-state index is -0.406. The summed E-state index contributed by atoms with van der Waals surface area (Å²) in [4.78, 5) is 0. The van der Waals surface area contributed by atoms with Gasteiger partial charge in [-0.3, -0.25) is 0 Å².